The van der Waals surface area contributed by atoms with E-state index in [9.17, 15) is 9.59 Å². The number of benzene rings is 1. The second-order valence-electron chi connectivity index (χ2n) is 7.40. The Morgan fingerprint density at radius 3 is 2.46 bits per heavy atom. The van der Waals surface area contributed by atoms with E-state index >= 15 is 0 Å². The van der Waals surface area contributed by atoms with Crippen LogP contribution in [0.2, 0.25) is 5.02 Å². The van der Waals surface area contributed by atoms with Gasteiger partial charge in [-0.05, 0) is 30.5 Å². The molecule has 1 aromatic rings. The second-order valence-corrected chi connectivity index (χ2v) is 7.84. The standard InChI is InChI=1S/C19H27ClN2O2/c1-14(23)22-19(10-5-4-6-11-19)17(24)21-13-18(2,3)15-8-7-9-16(20)12-15/h7-9,12H,4-6,10-11,13H2,1-3H3,(H,21,24)(H,22,23). The second kappa shape index (κ2) is 7.56. The third-order valence-corrected chi connectivity index (χ3v) is 5.09. The van der Waals surface area contributed by atoms with E-state index in [0.717, 1.165) is 24.8 Å². The first kappa shape index (κ1) is 18.8. The van der Waals surface area contributed by atoms with Crippen LogP contribution >= 0.6 is 11.6 Å². The molecular formula is C19H27ClN2O2. The molecule has 0 atom stereocenters. The lowest BCUT2D eigenvalue weighted by atomic mass is 9.80. The summed E-state index contributed by atoms with van der Waals surface area (Å²) in [5.41, 5.74) is 0.0775. The molecule has 0 heterocycles. The summed E-state index contributed by atoms with van der Waals surface area (Å²) in [4.78, 5) is 24.4. The fourth-order valence-corrected chi connectivity index (χ4v) is 3.57. The molecule has 2 rings (SSSR count). The van der Waals surface area contributed by atoms with Gasteiger partial charge in [-0.2, -0.15) is 0 Å². The summed E-state index contributed by atoms with van der Waals surface area (Å²) < 4.78 is 0. The van der Waals surface area contributed by atoms with Crippen molar-refractivity contribution in [3.63, 3.8) is 0 Å². The third kappa shape index (κ3) is 4.50. The minimum absolute atomic E-state index is 0.0764. The monoisotopic (exact) mass is 350 g/mol. The summed E-state index contributed by atoms with van der Waals surface area (Å²) >= 11 is 6.08. The average molecular weight is 351 g/mol. The molecule has 5 heteroatoms. The molecule has 1 fully saturated rings. The molecule has 0 saturated heterocycles. The van der Waals surface area contributed by atoms with Crippen molar-refractivity contribution in [2.24, 2.45) is 0 Å². The van der Waals surface area contributed by atoms with E-state index in [1.807, 2.05) is 24.3 Å². The maximum Gasteiger partial charge on any atom is 0.245 e. The van der Waals surface area contributed by atoms with E-state index < -0.39 is 5.54 Å². The van der Waals surface area contributed by atoms with E-state index in [4.69, 9.17) is 11.6 Å². The number of carbonyl (C=O) groups excluding carboxylic acids is 2. The molecule has 1 aliphatic rings. The SMILES string of the molecule is CC(=O)NC1(C(=O)NCC(C)(C)c2cccc(Cl)c2)CCCCC1. The van der Waals surface area contributed by atoms with Gasteiger partial charge in [0, 0.05) is 23.9 Å². The van der Waals surface area contributed by atoms with Crippen molar-refractivity contribution in [1.82, 2.24) is 10.6 Å². The minimum Gasteiger partial charge on any atom is -0.353 e. The zero-order chi connectivity index (χ0) is 17.8. The Morgan fingerprint density at radius 1 is 1.21 bits per heavy atom. The van der Waals surface area contributed by atoms with E-state index in [-0.39, 0.29) is 17.2 Å². The fourth-order valence-electron chi connectivity index (χ4n) is 3.38. The first-order chi connectivity index (χ1) is 11.3. The van der Waals surface area contributed by atoms with Crippen LogP contribution in [0, 0.1) is 0 Å². The number of nitrogens with one attached hydrogen (secondary N) is 2. The Morgan fingerprint density at radius 2 is 1.88 bits per heavy atom. The van der Waals surface area contributed by atoms with Gasteiger partial charge in [0.25, 0.3) is 0 Å². The molecule has 132 valence electrons. The van der Waals surface area contributed by atoms with Crippen molar-refractivity contribution < 1.29 is 9.59 Å². The topological polar surface area (TPSA) is 58.2 Å². The third-order valence-electron chi connectivity index (χ3n) is 4.85. The van der Waals surface area contributed by atoms with Gasteiger partial charge in [-0.15, -0.1) is 0 Å². The Hall–Kier alpha value is -1.55. The van der Waals surface area contributed by atoms with Crippen molar-refractivity contribution >= 4 is 23.4 Å². The first-order valence-electron chi connectivity index (χ1n) is 8.58. The quantitative estimate of drug-likeness (QED) is 0.852. The molecule has 1 aliphatic carbocycles. The lowest BCUT2D eigenvalue weighted by Gasteiger charge is -2.37. The summed E-state index contributed by atoms with van der Waals surface area (Å²) in [6.45, 7) is 6.11. The molecule has 0 radical (unpaired) electrons. The molecule has 2 amide bonds. The summed E-state index contributed by atoms with van der Waals surface area (Å²) in [7, 11) is 0. The summed E-state index contributed by atoms with van der Waals surface area (Å²) in [6, 6.07) is 7.70. The van der Waals surface area contributed by atoms with Crippen molar-refractivity contribution in [2.45, 2.75) is 63.8 Å². The Bertz CT molecular complexity index is 607. The highest BCUT2D eigenvalue weighted by Gasteiger charge is 2.40. The summed E-state index contributed by atoms with van der Waals surface area (Å²) in [5, 5.41) is 6.66. The van der Waals surface area contributed by atoms with Gasteiger partial charge >= 0.3 is 0 Å². The molecule has 0 aromatic heterocycles. The number of hydrogen-bond acceptors (Lipinski definition) is 2. The van der Waals surface area contributed by atoms with Crippen LogP contribution in [0.5, 0.6) is 0 Å². The lowest BCUT2D eigenvalue weighted by Crippen LogP contribution is -2.60. The summed E-state index contributed by atoms with van der Waals surface area (Å²) in [5.74, 6) is -0.228. The van der Waals surface area contributed by atoms with Crippen molar-refractivity contribution in [3.05, 3.63) is 34.9 Å². The number of amides is 2. The highest BCUT2D eigenvalue weighted by molar-refractivity contribution is 6.30. The minimum atomic E-state index is -0.755. The normalized spacial score (nSPS) is 17.2. The number of carbonyl (C=O) groups is 2. The molecule has 0 bridgehead atoms. The van der Waals surface area contributed by atoms with Crippen LogP contribution < -0.4 is 10.6 Å². The van der Waals surface area contributed by atoms with E-state index in [0.29, 0.717) is 24.4 Å². The average Bonchev–Trinajstić information content (AvgIpc) is 2.53. The van der Waals surface area contributed by atoms with Crippen molar-refractivity contribution in [2.75, 3.05) is 6.54 Å². The van der Waals surface area contributed by atoms with Gasteiger partial charge in [-0.25, -0.2) is 0 Å². The van der Waals surface area contributed by atoms with E-state index in [2.05, 4.69) is 24.5 Å². The van der Waals surface area contributed by atoms with Crippen molar-refractivity contribution in [1.29, 1.82) is 0 Å². The Balaban J connectivity index is 2.08. The molecule has 24 heavy (non-hydrogen) atoms. The summed E-state index contributed by atoms with van der Waals surface area (Å²) in [6.07, 6.45) is 4.45. The molecule has 0 aliphatic heterocycles. The van der Waals surface area contributed by atoms with Crippen LogP contribution in [0.3, 0.4) is 0 Å². The van der Waals surface area contributed by atoms with E-state index in [1.54, 1.807) is 0 Å². The van der Waals surface area contributed by atoms with Gasteiger partial charge in [0.15, 0.2) is 0 Å². The molecule has 0 spiro atoms. The highest BCUT2D eigenvalue weighted by Crippen LogP contribution is 2.29. The zero-order valence-corrected chi connectivity index (χ0v) is 15.5. The Kier molecular flexibility index (Phi) is 5.92. The zero-order valence-electron chi connectivity index (χ0n) is 14.7. The molecule has 4 nitrogen and oxygen atoms in total. The molecule has 2 N–H and O–H groups in total. The van der Waals surface area contributed by atoms with Gasteiger partial charge in [-0.3, -0.25) is 9.59 Å². The molecule has 1 saturated carbocycles. The molecule has 0 unspecified atom stereocenters. The molecular weight excluding hydrogens is 324 g/mol. The highest BCUT2D eigenvalue weighted by atomic mass is 35.5. The van der Waals surface area contributed by atoms with Gasteiger partial charge in [0.05, 0.1) is 0 Å². The number of halogens is 1. The van der Waals surface area contributed by atoms with Crippen LogP contribution in [0.1, 0.15) is 58.4 Å². The first-order valence-corrected chi connectivity index (χ1v) is 8.96. The van der Waals surface area contributed by atoms with Crippen LogP contribution in [0.15, 0.2) is 24.3 Å². The van der Waals surface area contributed by atoms with Crippen LogP contribution in [-0.2, 0) is 15.0 Å². The van der Waals surface area contributed by atoms with Gasteiger partial charge in [0.1, 0.15) is 5.54 Å². The molecule has 1 aromatic carbocycles. The van der Waals surface area contributed by atoms with Crippen LogP contribution in [0.4, 0.5) is 0 Å². The van der Waals surface area contributed by atoms with Gasteiger partial charge in [-0.1, -0.05) is 56.8 Å². The van der Waals surface area contributed by atoms with Crippen LogP contribution in [0.25, 0.3) is 0 Å². The fraction of sp³-hybridized carbons (Fsp3) is 0.579. The van der Waals surface area contributed by atoms with Gasteiger partial charge < -0.3 is 10.6 Å². The number of hydrogen-bond donors (Lipinski definition) is 2. The predicted octanol–water partition coefficient (Wildman–Crippen LogP) is 3.57. The predicted molar refractivity (Wildman–Crippen MR) is 97.1 cm³/mol. The van der Waals surface area contributed by atoms with E-state index in [1.165, 1.54) is 6.92 Å². The maximum absolute atomic E-state index is 12.8. The largest absolute Gasteiger partial charge is 0.353 e. The van der Waals surface area contributed by atoms with Crippen molar-refractivity contribution in [3.8, 4) is 0 Å². The smallest absolute Gasteiger partial charge is 0.245 e. The maximum atomic E-state index is 12.8. The number of rotatable bonds is 5. The lowest BCUT2D eigenvalue weighted by molar-refractivity contribution is -0.134. The van der Waals surface area contributed by atoms with Crippen LogP contribution in [-0.4, -0.2) is 23.9 Å². The van der Waals surface area contributed by atoms with Gasteiger partial charge in [0.2, 0.25) is 11.8 Å². The Labute approximate surface area is 149 Å².